The summed E-state index contributed by atoms with van der Waals surface area (Å²) >= 11 is 5.24. The number of aromatic amines is 1. The van der Waals surface area contributed by atoms with Gasteiger partial charge in [-0.2, -0.15) is 18.2 Å². The molecule has 95 heavy (non-hydrogen) atoms. The molecule has 2 aromatic carbocycles. The Bertz CT molecular complexity index is 3910. The molecule has 0 radical (unpaired) electrons. The maximum Gasteiger partial charge on any atom is 0.490 e. The minimum Gasteiger partial charge on any atom is -0.370 e. The highest BCUT2D eigenvalue weighted by Gasteiger charge is 2.46. The first-order chi connectivity index (χ1) is 44.8. The van der Waals surface area contributed by atoms with Gasteiger partial charge in [-0.05, 0) is 101 Å². The molecule has 1 fully saturated rings. The number of nitrogens with two attached hydrogens (primary N) is 1. The Morgan fingerprint density at radius 3 is 2.28 bits per heavy atom. The van der Waals surface area contributed by atoms with E-state index in [4.69, 9.17) is 58.1 Å². The number of unbranched alkanes of at least 4 members (excludes halogenated alkanes) is 5. The smallest absolute Gasteiger partial charge is 0.370 e. The maximum absolute atomic E-state index is 13.2. The minimum atomic E-state index is -5.77. The number of H-pyrrole nitrogens is 1. The molecule has 0 spiro atoms. The molecule has 2 aromatic heterocycles. The molecule has 25 nitrogen and oxygen atoms in total. The number of carbonyl (C=O) groups is 2. The van der Waals surface area contributed by atoms with Crippen molar-refractivity contribution in [2.75, 3.05) is 60.8 Å². The highest BCUT2D eigenvalue weighted by Crippen LogP contribution is 2.66. The van der Waals surface area contributed by atoms with Crippen LogP contribution in [0.5, 0.6) is 0 Å². The Kier molecular flexibility index (Phi) is 31.0. The second kappa shape index (κ2) is 37.0. The molecule has 0 amide bonds. The zero-order valence-corrected chi connectivity index (χ0v) is 61.0. The summed E-state index contributed by atoms with van der Waals surface area (Å²) in [5.41, 5.74) is 14.6. The van der Waals surface area contributed by atoms with E-state index in [1.165, 1.54) is 50.2 Å². The number of ether oxygens (including phenoxy) is 3. The summed E-state index contributed by atoms with van der Waals surface area (Å²) in [7, 11) is -17.2. The standard InChI is InChI=1S/C62H85N6O16P3S4.O3S/c1-8-66-50-30-20-19-29-48(50)61(3,4)54(66)31-15-11-16-32-55-62(5,6)49-38-44(2)33-34-51(49)67(55)35-21-12-14-26-47(70)28-23-37-89-90-42-79-36-22-10-9-13-25-46(69)27-18-17-24-45-40-68(58-57(45)59(71)65-60(63)64-58)56-39-52(80-43-91(7)88)53(82-56)41-81-86(75,76)84-87(77,78)83-85(72,73)74;1-4(2)3/h11,15-16,19-20,29-34,38,40,52-53,56H,8-10,12-14,18,21-23,25-28,35-37,39,41-43H2,1-7H3,(H6-,63,64,65,71,72,73,74,75,76,77,78);/p+1/t52-,53+,56+,91?;/m0./s1. The van der Waals surface area contributed by atoms with Gasteiger partial charge in [0.05, 0.1) is 35.0 Å². The largest absolute Gasteiger partial charge is 0.490 e. The number of nitrogens with zero attached hydrogens (tertiary/aromatic N) is 4. The first kappa shape index (κ1) is 79.4. The van der Waals surface area contributed by atoms with Crippen molar-refractivity contribution in [3.8, 4) is 11.8 Å². The van der Waals surface area contributed by atoms with Crippen molar-refractivity contribution in [2.45, 2.75) is 161 Å². The lowest BCUT2D eigenvalue weighted by molar-refractivity contribution is -0.438. The molecule has 4 aromatic rings. The van der Waals surface area contributed by atoms with Gasteiger partial charge in [-0.1, -0.05) is 118 Å². The number of allylic oxidation sites excluding steroid dienone is 6. The van der Waals surface area contributed by atoms with Crippen LogP contribution >= 0.6 is 45.1 Å². The van der Waals surface area contributed by atoms with Crippen LogP contribution in [0.1, 0.15) is 153 Å². The molecule has 7 rings (SSSR count). The molecule has 6 atom stereocenters. The average molecular weight is 1470 g/mol. The fourth-order valence-corrected chi connectivity index (χ4v) is 16.8. The van der Waals surface area contributed by atoms with Crippen molar-refractivity contribution in [2.24, 2.45) is 0 Å². The van der Waals surface area contributed by atoms with E-state index in [2.05, 4.69) is 154 Å². The van der Waals surface area contributed by atoms with Crippen LogP contribution in [0.3, 0.4) is 0 Å². The number of para-hydroxylation sites is 1. The van der Waals surface area contributed by atoms with Crippen molar-refractivity contribution in [1.82, 2.24) is 14.5 Å². The second-order valence-electron chi connectivity index (χ2n) is 23.7. The van der Waals surface area contributed by atoms with Crippen LogP contribution in [0.15, 0.2) is 89.5 Å². The van der Waals surface area contributed by atoms with E-state index in [1.54, 1.807) is 27.8 Å². The van der Waals surface area contributed by atoms with Gasteiger partial charge in [0.25, 0.3) is 5.56 Å². The number of aromatic nitrogens is 3. The van der Waals surface area contributed by atoms with Crippen LogP contribution < -0.4 is 16.2 Å². The molecule has 33 heteroatoms. The van der Waals surface area contributed by atoms with Crippen molar-refractivity contribution in [3.05, 3.63) is 117 Å². The molecule has 1 saturated heterocycles. The molecule has 0 aliphatic carbocycles. The predicted molar refractivity (Wildman–Crippen MR) is 374 cm³/mol. The lowest BCUT2D eigenvalue weighted by Gasteiger charge is -2.25. The van der Waals surface area contributed by atoms with Crippen LogP contribution in [-0.2, 0) is 92.7 Å². The van der Waals surface area contributed by atoms with E-state index in [0.29, 0.717) is 37.6 Å². The molecule has 5 heterocycles. The Morgan fingerprint density at radius 1 is 0.895 bits per heavy atom. The zero-order valence-electron chi connectivity index (χ0n) is 54.2. The van der Waals surface area contributed by atoms with Gasteiger partial charge in [-0.25, -0.2) is 13.7 Å². The predicted octanol–water partition coefficient (Wildman–Crippen LogP) is 11.1. The summed E-state index contributed by atoms with van der Waals surface area (Å²) < 4.78 is 95.0. The van der Waals surface area contributed by atoms with Gasteiger partial charge < -0.3 is 49.0 Å². The van der Waals surface area contributed by atoms with E-state index in [0.717, 1.165) is 70.2 Å². The zero-order chi connectivity index (χ0) is 69.7. The van der Waals surface area contributed by atoms with Crippen molar-refractivity contribution < 1.29 is 87.4 Å². The molecular weight excluding hydrogens is 1390 g/mol. The van der Waals surface area contributed by atoms with Gasteiger partial charge in [0.15, 0.2) is 11.4 Å². The van der Waals surface area contributed by atoms with E-state index in [-0.39, 0.29) is 64.4 Å². The normalized spacial score (nSPS) is 19.3. The highest BCUT2D eigenvalue weighted by molar-refractivity contribution is 8.76. The number of nitrogens with one attached hydrogen (secondary N) is 1. The summed E-state index contributed by atoms with van der Waals surface area (Å²) in [5.74, 6) is 7.64. The molecule has 0 saturated carbocycles. The average Bonchev–Trinajstić information content (AvgIpc) is 1.62. The number of Topliss-reactive ketones (excluding diaryl/α,β-unsaturated/α-hetero) is 2. The number of benzene rings is 2. The third kappa shape index (κ3) is 24.4. The number of fused-ring (bicyclic) bond motifs is 3. The van der Waals surface area contributed by atoms with E-state index in [1.807, 2.05) is 0 Å². The number of hydrogen-bond donors (Lipinski definition) is 6. The Balaban J connectivity index is 0.00000347. The SMILES string of the molecule is CCN1\C(=C/C=C/C=C/C2=[N+](CCCCCC(=O)CCCSSCOCCCCCCC(=O)CCC#Cc3cn([C@H]4C[C@H](OCS(C)=S)[C@@H](COP(=O)(O)OP(=O)(O)OP(=O)(O)O)O4)c4nc(N)[nH]c(=O)c34)c3ccc(C)cc3C2(C)C)C(C)(C)c2ccccc21.O=S(=O)=O. The molecule has 3 aliphatic rings. The number of rotatable bonds is 37. The summed E-state index contributed by atoms with van der Waals surface area (Å²) in [6.07, 6.45) is 20.6. The summed E-state index contributed by atoms with van der Waals surface area (Å²) in [5, 5.41) is 0.0870. The fourth-order valence-electron chi connectivity index (χ4n) is 11.5. The quantitative estimate of drug-likeness (QED) is 0.00464. The third-order valence-electron chi connectivity index (χ3n) is 15.8. The molecular formula is C62H86N6O19P3S5+. The number of carbonyl (C=O) groups excluding carboxylic acids is 2. The molecule has 3 aliphatic heterocycles. The van der Waals surface area contributed by atoms with Crippen molar-refractivity contribution >= 4 is 122 Å². The van der Waals surface area contributed by atoms with Crippen LogP contribution in [0.2, 0.25) is 0 Å². The minimum absolute atomic E-state index is 0.0535. The number of phosphoric ester groups is 1. The lowest BCUT2D eigenvalue weighted by Crippen LogP contribution is -2.29. The second-order valence-corrected chi connectivity index (χ2v) is 34.2. The van der Waals surface area contributed by atoms with Gasteiger partial charge in [-0.3, -0.25) is 23.9 Å². The highest BCUT2D eigenvalue weighted by atomic mass is 33.1. The number of likely N-dealkylation sites (N-methyl/N-ethyl adjacent to an activating group) is 1. The fraction of sp³-hybridized carbons (Fsp3) is 0.532. The topological polar surface area (TPSA) is 356 Å². The van der Waals surface area contributed by atoms with E-state index < -0.39 is 74.1 Å². The molecule has 522 valence electrons. The number of anilines is 2. The van der Waals surface area contributed by atoms with Crippen molar-refractivity contribution in [3.63, 3.8) is 0 Å². The summed E-state index contributed by atoms with van der Waals surface area (Å²) in [4.78, 5) is 85.3. The monoisotopic (exact) mass is 1470 g/mol. The molecule has 7 N–H and O–H groups in total. The van der Waals surface area contributed by atoms with Crippen LogP contribution in [-0.4, -0.2) is 131 Å². The van der Waals surface area contributed by atoms with Crippen LogP contribution in [0.4, 0.5) is 17.3 Å². The summed E-state index contributed by atoms with van der Waals surface area (Å²) in [6.45, 7) is 15.3. The Morgan fingerprint density at radius 2 is 1.58 bits per heavy atom. The maximum atomic E-state index is 13.2. The number of hydrogen-bond acceptors (Lipinski definition) is 21. The van der Waals surface area contributed by atoms with E-state index in [9.17, 15) is 37.9 Å². The number of nitrogen functional groups attached to an aromatic ring is 1. The van der Waals surface area contributed by atoms with Gasteiger partial charge in [-0.15, -0.1) is 12.6 Å². The van der Waals surface area contributed by atoms with E-state index >= 15 is 0 Å². The number of ketones is 2. The Labute approximate surface area is 571 Å². The van der Waals surface area contributed by atoms with Crippen LogP contribution in [0, 0.1) is 18.8 Å². The number of phosphoric acid groups is 3. The Hall–Kier alpha value is -4.57. The molecule has 0 bridgehead atoms. The van der Waals surface area contributed by atoms with Gasteiger partial charge in [0.2, 0.25) is 11.6 Å². The van der Waals surface area contributed by atoms with Gasteiger partial charge >= 0.3 is 34.1 Å². The first-order valence-corrected chi connectivity index (χ1v) is 41.6. The first-order valence-electron chi connectivity index (χ1n) is 30.9. The number of aryl methyl sites for hydroxylation is 1. The lowest BCUT2D eigenvalue weighted by atomic mass is 9.81. The molecule has 3 unspecified atom stereocenters. The summed E-state index contributed by atoms with van der Waals surface area (Å²) in [6, 6.07) is 15.5. The van der Waals surface area contributed by atoms with Gasteiger partial charge in [0.1, 0.15) is 36.4 Å². The van der Waals surface area contributed by atoms with Gasteiger partial charge in [0, 0.05) is 105 Å². The van der Waals surface area contributed by atoms with Crippen LogP contribution in [0.25, 0.3) is 11.0 Å². The van der Waals surface area contributed by atoms with Crippen molar-refractivity contribution in [1.29, 1.82) is 0 Å². The third-order valence-corrected chi connectivity index (χ3v) is 22.6.